The highest BCUT2D eigenvalue weighted by Gasteiger charge is 2.24. The third-order valence-electron chi connectivity index (χ3n) is 4.64. The smallest absolute Gasteiger partial charge is 0.273 e. The summed E-state index contributed by atoms with van der Waals surface area (Å²) < 4.78 is 0. The predicted octanol–water partition coefficient (Wildman–Crippen LogP) is 1.56. The summed E-state index contributed by atoms with van der Waals surface area (Å²) in [5.41, 5.74) is 8.02. The number of piperazine rings is 1. The van der Waals surface area contributed by atoms with Crippen molar-refractivity contribution in [2.24, 2.45) is 5.73 Å². The molecule has 2 heterocycles. The van der Waals surface area contributed by atoms with Gasteiger partial charge in [0.15, 0.2) is 0 Å². The van der Waals surface area contributed by atoms with Crippen molar-refractivity contribution in [3.8, 4) is 0 Å². The van der Waals surface area contributed by atoms with E-state index in [0.717, 1.165) is 22.7 Å². The molecular weight excluding hydrogens is 362 g/mol. The second kappa shape index (κ2) is 9.07. The molecule has 2 aromatic rings. The first-order valence-electron chi connectivity index (χ1n) is 9.14. The fourth-order valence-electron chi connectivity index (χ4n) is 3.12. The van der Waals surface area contributed by atoms with Crippen molar-refractivity contribution in [1.29, 1.82) is 0 Å². The quantitative estimate of drug-likeness (QED) is 0.785. The van der Waals surface area contributed by atoms with E-state index in [2.05, 4.69) is 22.1 Å². The number of rotatable bonds is 6. The number of carbonyl (C=O) groups is 2. The lowest BCUT2D eigenvalue weighted by molar-refractivity contribution is -0.117. The fraction of sp³-hybridized carbons (Fsp3) is 0.421. The van der Waals surface area contributed by atoms with Crippen LogP contribution in [-0.4, -0.2) is 59.3 Å². The van der Waals surface area contributed by atoms with Crippen LogP contribution in [0.4, 0.5) is 5.69 Å². The summed E-state index contributed by atoms with van der Waals surface area (Å²) in [6, 6.07) is 7.85. The first kappa shape index (κ1) is 19.5. The fourth-order valence-corrected chi connectivity index (χ4v) is 3.77. The molecule has 1 fully saturated rings. The molecule has 0 aliphatic carbocycles. The highest BCUT2D eigenvalue weighted by Crippen LogP contribution is 2.16. The summed E-state index contributed by atoms with van der Waals surface area (Å²) in [6.45, 7) is 5.27. The number of benzene rings is 1. The van der Waals surface area contributed by atoms with Crippen LogP contribution in [0.25, 0.3) is 0 Å². The molecule has 0 radical (unpaired) electrons. The maximum atomic E-state index is 12.5. The normalized spacial score (nSPS) is 15.0. The highest BCUT2D eigenvalue weighted by molar-refractivity contribution is 7.09. The number of thiazole rings is 1. The first-order valence-corrected chi connectivity index (χ1v) is 10.0. The minimum atomic E-state index is -0.0630. The predicted molar refractivity (Wildman–Crippen MR) is 107 cm³/mol. The molecular formula is C19H25N5O2S. The lowest BCUT2D eigenvalue weighted by atomic mass is 10.1. The number of hydrogen-bond acceptors (Lipinski definition) is 6. The van der Waals surface area contributed by atoms with Crippen LogP contribution in [0.5, 0.6) is 0 Å². The Labute approximate surface area is 163 Å². The van der Waals surface area contributed by atoms with Gasteiger partial charge in [0, 0.05) is 43.8 Å². The van der Waals surface area contributed by atoms with Crippen LogP contribution in [0, 0.1) is 0 Å². The Morgan fingerprint density at radius 3 is 2.63 bits per heavy atom. The van der Waals surface area contributed by atoms with Crippen molar-refractivity contribution in [3.05, 3.63) is 45.9 Å². The van der Waals surface area contributed by atoms with Gasteiger partial charge >= 0.3 is 0 Å². The number of nitrogens with one attached hydrogen (secondary N) is 1. The summed E-state index contributed by atoms with van der Waals surface area (Å²) in [4.78, 5) is 33.0. The van der Waals surface area contributed by atoms with Gasteiger partial charge in [0.25, 0.3) is 5.91 Å². The monoisotopic (exact) mass is 387 g/mol. The van der Waals surface area contributed by atoms with E-state index in [1.54, 1.807) is 10.3 Å². The van der Waals surface area contributed by atoms with E-state index < -0.39 is 0 Å². The lowest BCUT2D eigenvalue weighted by Crippen LogP contribution is -2.50. The van der Waals surface area contributed by atoms with E-state index >= 15 is 0 Å². The van der Waals surface area contributed by atoms with Crippen molar-refractivity contribution >= 4 is 28.8 Å². The van der Waals surface area contributed by atoms with Gasteiger partial charge in [-0.3, -0.25) is 14.5 Å². The van der Waals surface area contributed by atoms with Crippen LogP contribution in [-0.2, 0) is 17.8 Å². The molecule has 0 spiro atoms. The molecule has 1 aromatic heterocycles. The van der Waals surface area contributed by atoms with Gasteiger partial charge < -0.3 is 16.0 Å². The van der Waals surface area contributed by atoms with Crippen molar-refractivity contribution in [1.82, 2.24) is 14.8 Å². The summed E-state index contributed by atoms with van der Waals surface area (Å²) >= 11 is 1.41. The first-order chi connectivity index (χ1) is 13.1. The largest absolute Gasteiger partial charge is 0.335 e. The molecule has 144 valence electrons. The molecule has 3 rings (SSSR count). The SMILES string of the molecule is CCc1ccccc1NC(=O)CN1CCN(C(=O)c2csc(CN)n2)CC1. The standard InChI is InChI=1S/C19H25N5O2S/c1-2-14-5-3-4-6-15(14)21-17(25)12-23-7-9-24(10-8-23)19(26)16-13-27-18(11-20)22-16/h3-6,13H,2,7-12,20H2,1H3,(H,21,25). The molecule has 8 heteroatoms. The van der Waals surface area contributed by atoms with Crippen LogP contribution in [0.15, 0.2) is 29.6 Å². The van der Waals surface area contributed by atoms with Crippen molar-refractivity contribution in [2.45, 2.75) is 19.9 Å². The second-order valence-corrected chi connectivity index (χ2v) is 7.40. The van der Waals surface area contributed by atoms with Crippen molar-refractivity contribution in [3.63, 3.8) is 0 Å². The zero-order valence-electron chi connectivity index (χ0n) is 15.5. The van der Waals surface area contributed by atoms with Gasteiger partial charge in [0.1, 0.15) is 10.7 Å². The average Bonchev–Trinajstić information content (AvgIpc) is 3.17. The van der Waals surface area contributed by atoms with Gasteiger partial charge in [0.2, 0.25) is 5.91 Å². The Morgan fingerprint density at radius 2 is 1.96 bits per heavy atom. The number of nitrogens with zero attached hydrogens (tertiary/aromatic N) is 3. The molecule has 3 N–H and O–H groups in total. The van der Waals surface area contributed by atoms with Gasteiger partial charge in [0.05, 0.1) is 6.54 Å². The van der Waals surface area contributed by atoms with E-state index in [4.69, 9.17) is 5.73 Å². The summed E-state index contributed by atoms with van der Waals surface area (Å²) in [5, 5.41) is 5.52. The molecule has 0 saturated carbocycles. The number of para-hydroxylation sites is 1. The summed E-state index contributed by atoms with van der Waals surface area (Å²) in [5.74, 6) is -0.0882. The Morgan fingerprint density at radius 1 is 1.22 bits per heavy atom. The number of carbonyl (C=O) groups excluding carboxylic acids is 2. The number of aromatic nitrogens is 1. The molecule has 2 amide bonds. The van der Waals surface area contributed by atoms with E-state index in [-0.39, 0.29) is 11.8 Å². The maximum Gasteiger partial charge on any atom is 0.273 e. The van der Waals surface area contributed by atoms with Crippen LogP contribution < -0.4 is 11.1 Å². The Kier molecular flexibility index (Phi) is 6.54. The third kappa shape index (κ3) is 4.91. The topological polar surface area (TPSA) is 91.6 Å². The zero-order chi connectivity index (χ0) is 19.2. The van der Waals surface area contributed by atoms with Crippen LogP contribution in [0.2, 0.25) is 0 Å². The number of aryl methyl sites for hydroxylation is 1. The Hall–Kier alpha value is -2.29. The molecule has 0 bridgehead atoms. The van der Waals surface area contributed by atoms with Crippen molar-refractivity contribution in [2.75, 3.05) is 38.0 Å². The summed E-state index contributed by atoms with van der Waals surface area (Å²) in [6.07, 6.45) is 0.875. The molecule has 1 aliphatic rings. The second-order valence-electron chi connectivity index (χ2n) is 6.46. The van der Waals surface area contributed by atoms with E-state index in [1.165, 1.54) is 11.3 Å². The third-order valence-corrected chi connectivity index (χ3v) is 5.52. The molecule has 0 unspecified atom stereocenters. The Bertz CT molecular complexity index is 799. The maximum absolute atomic E-state index is 12.5. The van der Waals surface area contributed by atoms with E-state index in [0.29, 0.717) is 45.0 Å². The molecule has 1 saturated heterocycles. The van der Waals surface area contributed by atoms with Crippen LogP contribution in [0.3, 0.4) is 0 Å². The number of hydrogen-bond donors (Lipinski definition) is 2. The zero-order valence-corrected chi connectivity index (χ0v) is 16.3. The van der Waals surface area contributed by atoms with Gasteiger partial charge in [-0.25, -0.2) is 4.98 Å². The van der Waals surface area contributed by atoms with Gasteiger partial charge in [-0.05, 0) is 18.1 Å². The minimum Gasteiger partial charge on any atom is -0.335 e. The van der Waals surface area contributed by atoms with Crippen molar-refractivity contribution < 1.29 is 9.59 Å². The molecule has 1 aromatic carbocycles. The molecule has 1 aliphatic heterocycles. The van der Waals surface area contributed by atoms with Gasteiger partial charge in [-0.2, -0.15) is 0 Å². The summed E-state index contributed by atoms with van der Waals surface area (Å²) in [7, 11) is 0. The molecule has 7 nitrogen and oxygen atoms in total. The van der Waals surface area contributed by atoms with Gasteiger partial charge in [-0.1, -0.05) is 25.1 Å². The van der Waals surface area contributed by atoms with Crippen LogP contribution in [0.1, 0.15) is 28.0 Å². The molecule has 27 heavy (non-hydrogen) atoms. The van der Waals surface area contributed by atoms with E-state index in [9.17, 15) is 9.59 Å². The Balaban J connectivity index is 1.49. The number of nitrogens with two attached hydrogens (primary N) is 1. The highest BCUT2D eigenvalue weighted by atomic mass is 32.1. The molecule has 0 atom stereocenters. The minimum absolute atomic E-state index is 0.0252. The number of amides is 2. The van der Waals surface area contributed by atoms with Crippen LogP contribution >= 0.6 is 11.3 Å². The number of anilines is 1. The van der Waals surface area contributed by atoms with E-state index in [1.807, 2.05) is 24.3 Å². The van der Waals surface area contributed by atoms with Gasteiger partial charge in [-0.15, -0.1) is 11.3 Å². The lowest BCUT2D eigenvalue weighted by Gasteiger charge is -2.34. The average molecular weight is 388 g/mol.